The van der Waals surface area contributed by atoms with Gasteiger partial charge in [0.2, 0.25) is 0 Å². The highest BCUT2D eigenvalue weighted by atomic mass is 32.2. The van der Waals surface area contributed by atoms with E-state index < -0.39 is 10.0 Å². The molecule has 0 radical (unpaired) electrons. The number of aromatic nitrogens is 4. The van der Waals surface area contributed by atoms with Crippen LogP contribution < -0.4 is 0 Å². The lowest BCUT2D eigenvalue weighted by Crippen LogP contribution is -2.24. The molecule has 0 fully saturated rings. The van der Waals surface area contributed by atoms with Gasteiger partial charge in [0.25, 0.3) is 10.0 Å². The van der Waals surface area contributed by atoms with Crippen LogP contribution >= 0.6 is 0 Å². The maximum atomic E-state index is 13.2. The van der Waals surface area contributed by atoms with Crippen LogP contribution in [-0.2, 0) is 23.1 Å². The molecule has 0 bridgehead atoms. The van der Waals surface area contributed by atoms with Crippen molar-refractivity contribution in [2.24, 2.45) is 0 Å². The van der Waals surface area contributed by atoms with E-state index in [-0.39, 0.29) is 4.90 Å². The summed E-state index contributed by atoms with van der Waals surface area (Å²) >= 11 is 0. The van der Waals surface area contributed by atoms with E-state index in [0.717, 1.165) is 28.3 Å². The third-order valence-electron chi connectivity index (χ3n) is 7.22. The first kappa shape index (κ1) is 24.9. The lowest BCUT2D eigenvalue weighted by Gasteiger charge is -2.22. The molecule has 1 N–H and O–H groups in total. The van der Waals surface area contributed by atoms with Crippen molar-refractivity contribution in [3.8, 4) is 22.5 Å². The Hall–Kier alpha value is -4.43. The molecule has 0 saturated heterocycles. The Balaban J connectivity index is 1.19. The smallest absolute Gasteiger partial charge is 0.269 e. The number of aromatic amines is 1. The Morgan fingerprint density at radius 1 is 0.872 bits per heavy atom. The van der Waals surface area contributed by atoms with Gasteiger partial charge in [-0.2, -0.15) is 0 Å². The van der Waals surface area contributed by atoms with Crippen LogP contribution in [0.5, 0.6) is 0 Å². The molecule has 0 atom stereocenters. The van der Waals surface area contributed by atoms with Gasteiger partial charge in [-0.1, -0.05) is 60.2 Å². The topological polar surface area (TPSA) is 83.9 Å². The number of benzene rings is 3. The Labute approximate surface area is 228 Å². The third kappa shape index (κ3) is 4.79. The predicted octanol–water partition coefficient (Wildman–Crippen LogP) is 6.09. The van der Waals surface area contributed by atoms with E-state index in [4.69, 9.17) is 4.98 Å². The fourth-order valence-corrected chi connectivity index (χ4v) is 6.05. The summed E-state index contributed by atoms with van der Waals surface area (Å²) in [6.07, 6.45) is 6.94. The van der Waals surface area contributed by atoms with Crippen LogP contribution in [0.3, 0.4) is 0 Å². The summed E-state index contributed by atoms with van der Waals surface area (Å²) < 4.78 is 27.7. The third-order valence-corrected chi connectivity index (χ3v) is 8.93. The number of aryl methyl sites for hydroxylation is 3. The van der Waals surface area contributed by atoms with Gasteiger partial charge < -0.3 is 9.88 Å². The maximum Gasteiger partial charge on any atom is 0.269 e. The molecule has 196 valence electrons. The van der Waals surface area contributed by atoms with Gasteiger partial charge in [0, 0.05) is 24.2 Å². The number of hydrogen-bond donors (Lipinski definition) is 1. The van der Waals surface area contributed by atoms with Crippen LogP contribution in [0.4, 0.5) is 0 Å². The van der Waals surface area contributed by atoms with Crippen molar-refractivity contribution >= 4 is 16.1 Å². The second kappa shape index (κ2) is 9.71. The van der Waals surface area contributed by atoms with Gasteiger partial charge >= 0.3 is 0 Å². The zero-order chi connectivity index (χ0) is 27.1. The summed E-state index contributed by atoms with van der Waals surface area (Å²) in [5.41, 5.74) is 8.81. The quantitative estimate of drug-likeness (QED) is 0.285. The Bertz CT molecular complexity index is 1800. The summed E-state index contributed by atoms with van der Waals surface area (Å²) in [6, 6.07) is 21.8. The highest BCUT2D eigenvalue weighted by Crippen LogP contribution is 2.28. The minimum absolute atomic E-state index is 0.240. The van der Waals surface area contributed by atoms with Crippen molar-refractivity contribution in [3.05, 3.63) is 119 Å². The van der Waals surface area contributed by atoms with Gasteiger partial charge in [-0.15, -0.1) is 0 Å². The average Bonchev–Trinajstić information content (AvgIpc) is 3.58. The van der Waals surface area contributed by atoms with E-state index >= 15 is 0 Å². The number of imidazole rings is 2. The fraction of sp³-hybridized carbons (Fsp3) is 0.161. The molecule has 39 heavy (non-hydrogen) atoms. The molecule has 7 nitrogen and oxygen atoms in total. The van der Waals surface area contributed by atoms with Gasteiger partial charge in [0.15, 0.2) is 0 Å². The SMILES string of the molecule is Cc1ccc(S(=O)(=O)n2ccnc2CN2C=Cc3[nH]c(-c4ccc(-c5ccc(C)c(C)c5)cc4)nc3C2)cc1. The van der Waals surface area contributed by atoms with Crippen molar-refractivity contribution in [3.63, 3.8) is 0 Å². The highest BCUT2D eigenvalue weighted by Gasteiger charge is 2.23. The number of H-pyrrole nitrogens is 1. The van der Waals surface area contributed by atoms with Crippen LogP contribution in [0, 0.1) is 20.8 Å². The predicted molar refractivity (Wildman–Crippen MR) is 153 cm³/mol. The first-order chi connectivity index (χ1) is 18.8. The lowest BCUT2D eigenvalue weighted by atomic mass is 9.99. The fourth-order valence-electron chi connectivity index (χ4n) is 4.75. The van der Waals surface area contributed by atoms with Crippen molar-refractivity contribution in [2.45, 2.75) is 38.8 Å². The minimum Gasteiger partial charge on any atom is -0.364 e. The first-order valence-corrected chi connectivity index (χ1v) is 14.3. The molecule has 0 unspecified atom stereocenters. The minimum atomic E-state index is -3.73. The Morgan fingerprint density at radius 3 is 2.33 bits per heavy atom. The molecule has 2 aromatic heterocycles. The molecule has 0 amide bonds. The molecule has 0 saturated carbocycles. The van der Waals surface area contributed by atoms with Gasteiger partial charge in [-0.3, -0.25) is 0 Å². The second-order valence-corrected chi connectivity index (χ2v) is 11.8. The van der Waals surface area contributed by atoms with Crippen LogP contribution in [0.1, 0.15) is 33.9 Å². The van der Waals surface area contributed by atoms with E-state index in [2.05, 4.69) is 66.3 Å². The van der Waals surface area contributed by atoms with Crippen molar-refractivity contribution < 1.29 is 8.42 Å². The summed E-state index contributed by atoms with van der Waals surface area (Å²) in [4.78, 5) is 14.9. The highest BCUT2D eigenvalue weighted by molar-refractivity contribution is 7.90. The van der Waals surface area contributed by atoms with Crippen LogP contribution in [0.2, 0.25) is 0 Å². The standard InChI is InChI=1S/C31H29N5O2S/c1-21-4-12-27(13-5-21)39(37,38)36-17-15-32-30(36)20-35-16-14-28-29(19-35)34-31(33-28)25-10-8-24(9-11-25)26-7-6-22(2)23(3)18-26/h4-18H,19-20H2,1-3H3,(H,33,34). The van der Waals surface area contributed by atoms with Crippen molar-refractivity contribution in [1.29, 1.82) is 0 Å². The van der Waals surface area contributed by atoms with E-state index in [1.807, 2.05) is 24.1 Å². The Kier molecular flexibility index (Phi) is 6.19. The summed E-state index contributed by atoms with van der Waals surface area (Å²) in [5.74, 6) is 1.25. The van der Waals surface area contributed by atoms with Gasteiger partial charge in [0.1, 0.15) is 11.6 Å². The summed E-state index contributed by atoms with van der Waals surface area (Å²) in [5, 5.41) is 0. The molecule has 8 heteroatoms. The lowest BCUT2D eigenvalue weighted by molar-refractivity contribution is 0.345. The molecular weight excluding hydrogens is 506 g/mol. The monoisotopic (exact) mass is 535 g/mol. The van der Waals surface area contributed by atoms with Crippen LogP contribution in [-0.4, -0.2) is 32.2 Å². The van der Waals surface area contributed by atoms with Gasteiger partial charge in [-0.05, 0) is 61.2 Å². The van der Waals surface area contributed by atoms with Crippen molar-refractivity contribution in [1.82, 2.24) is 23.8 Å². The number of rotatable bonds is 6. The second-order valence-electron chi connectivity index (χ2n) is 10.0. The molecule has 3 aromatic carbocycles. The number of fused-ring (bicyclic) bond motifs is 1. The molecule has 1 aliphatic heterocycles. The first-order valence-electron chi connectivity index (χ1n) is 12.8. The normalized spacial score (nSPS) is 13.1. The van der Waals surface area contributed by atoms with E-state index in [1.54, 1.807) is 24.3 Å². The zero-order valence-electron chi connectivity index (χ0n) is 22.1. The van der Waals surface area contributed by atoms with Gasteiger partial charge in [0.05, 0.1) is 29.4 Å². The van der Waals surface area contributed by atoms with Crippen LogP contribution in [0.15, 0.2) is 90.2 Å². The number of hydrogen-bond acceptors (Lipinski definition) is 5. The number of nitrogens with zero attached hydrogens (tertiary/aromatic N) is 4. The van der Waals surface area contributed by atoms with E-state index in [9.17, 15) is 8.42 Å². The maximum absolute atomic E-state index is 13.2. The largest absolute Gasteiger partial charge is 0.364 e. The number of nitrogens with one attached hydrogen (secondary N) is 1. The van der Waals surface area contributed by atoms with Crippen LogP contribution in [0.25, 0.3) is 28.6 Å². The zero-order valence-corrected chi connectivity index (χ0v) is 22.9. The average molecular weight is 536 g/mol. The molecule has 3 heterocycles. The summed E-state index contributed by atoms with van der Waals surface area (Å²) in [7, 11) is -3.73. The molecule has 0 aliphatic carbocycles. The van der Waals surface area contributed by atoms with Crippen molar-refractivity contribution in [2.75, 3.05) is 0 Å². The molecule has 6 rings (SSSR count). The molecular formula is C31H29N5O2S. The molecule has 5 aromatic rings. The van der Waals surface area contributed by atoms with E-state index in [0.29, 0.717) is 18.9 Å². The Morgan fingerprint density at radius 2 is 1.59 bits per heavy atom. The van der Waals surface area contributed by atoms with E-state index in [1.165, 1.54) is 38.6 Å². The molecule has 0 spiro atoms. The summed E-state index contributed by atoms with van der Waals surface area (Å²) in [6.45, 7) is 7.06. The molecule has 1 aliphatic rings. The van der Waals surface area contributed by atoms with Gasteiger partial charge in [-0.25, -0.2) is 22.4 Å².